The molecule has 130 valence electrons. The molecule has 9 heteroatoms. The smallest absolute Gasteiger partial charge is 0.234 e. The van der Waals surface area contributed by atoms with E-state index in [1.807, 2.05) is 18.2 Å². The van der Waals surface area contributed by atoms with Gasteiger partial charge in [-0.2, -0.15) is 0 Å². The lowest BCUT2D eigenvalue weighted by Gasteiger charge is -2.16. The fourth-order valence-electron chi connectivity index (χ4n) is 2.54. The standard InChI is InChI=1S/C16H18N6O2S/c1-2-8-22-16(18-19-20-22)25-11-14(23)17-12-5-3-6-13(10-12)21-9-4-7-15(21)24/h2-3,5-6,10H,1,4,7-9,11H2,(H,17,23). The number of anilines is 2. The Hall–Kier alpha value is -2.68. The summed E-state index contributed by atoms with van der Waals surface area (Å²) < 4.78 is 1.57. The van der Waals surface area contributed by atoms with Gasteiger partial charge >= 0.3 is 0 Å². The van der Waals surface area contributed by atoms with Gasteiger partial charge in [0, 0.05) is 24.3 Å². The molecule has 1 aliphatic rings. The van der Waals surface area contributed by atoms with Crippen molar-refractivity contribution in [3.8, 4) is 0 Å². The molecule has 1 aliphatic heterocycles. The molecule has 0 radical (unpaired) electrons. The molecule has 1 aromatic heterocycles. The predicted molar refractivity (Wildman–Crippen MR) is 95.4 cm³/mol. The lowest BCUT2D eigenvalue weighted by molar-refractivity contribution is -0.117. The second-order valence-electron chi connectivity index (χ2n) is 5.47. The maximum Gasteiger partial charge on any atom is 0.234 e. The van der Waals surface area contributed by atoms with Gasteiger partial charge in [0.05, 0.1) is 12.3 Å². The largest absolute Gasteiger partial charge is 0.325 e. The van der Waals surface area contributed by atoms with Crippen molar-refractivity contribution < 1.29 is 9.59 Å². The number of carbonyl (C=O) groups excluding carboxylic acids is 2. The van der Waals surface area contributed by atoms with Crippen LogP contribution in [0, 0.1) is 0 Å². The van der Waals surface area contributed by atoms with Crippen LogP contribution in [0.25, 0.3) is 0 Å². The molecule has 2 amide bonds. The highest BCUT2D eigenvalue weighted by Gasteiger charge is 2.21. The zero-order valence-corrected chi connectivity index (χ0v) is 14.4. The maximum atomic E-state index is 12.2. The second-order valence-corrected chi connectivity index (χ2v) is 6.41. The van der Waals surface area contributed by atoms with Crippen molar-refractivity contribution in [2.24, 2.45) is 0 Å². The van der Waals surface area contributed by atoms with Crippen LogP contribution in [-0.4, -0.2) is 44.3 Å². The Morgan fingerprint density at radius 2 is 2.32 bits per heavy atom. The SMILES string of the molecule is C=CCn1nnnc1SCC(=O)Nc1cccc(N2CCCC2=O)c1. The minimum atomic E-state index is -0.164. The molecule has 1 saturated heterocycles. The lowest BCUT2D eigenvalue weighted by atomic mass is 10.2. The highest BCUT2D eigenvalue weighted by molar-refractivity contribution is 7.99. The fourth-order valence-corrected chi connectivity index (χ4v) is 3.22. The molecule has 3 rings (SSSR count). The molecule has 0 aliphatic carbocycles. The van der Waals surface area contributed by atoms with Crippen LogP contribution < -0.4 is 10.2 Å². The lowest BCUT2D eigenvalue weighted by Crippen LogP contribution is -2.23. The van der Waals surface area contributed by atoms with Crippen molar-refractivity contribution in [1.29, 1.82) is 0 Å². The van der Waals surface area contributed by atoms with Crippen LogP contribution in [-0.2, 0) is 16.1 Å². The molecule has 2 heterocycles. The molecule has 0 saturated carbocycles. The summed E-state index contributed by atoms with van der Waals surface area (Å²) in [7, 11) is 0. The van der Waals surface area contributed by atoms with E-state index in [1.54, 1.807) is 21.7 Å². The molecule has 1 aromatic carbocycles. The van der Waals surface area contributed by atoms with Gasteiger partial charge in [-0.15, -0.1) is 11.7 Å². The number of amides is 2. The molecule has 0 unspecified atom stereocenters. The van der Waals surface area contributed by atoms with E-state index in [2.05, 4.69) is 27.4 Å². The molecule has 25 heavy (non-hydrogen) atoms. The summed E-state index contributed by atoms with van der Waals surface area (Å²) in [6, 6.07) is 7.31. The van der Waals surface area contributed by atoms with E-state index in [1.165, 1.54) is 11.8 Å². The topological polar surface area (TPSA) is 93.0 Å². The first kappa shape index (κ1) is 17.2. The molecular formula is C16H18N6O2S. The number of allylic oxidation sites excluding steroid dienone is 1. The number of tetrazole rings is 1. The van der Waals surface area contributed by atoms with E-state index in [-0.39, 0.29) is 17.6 Å². The first-order chi connectivity index (χ1) is 12.2. The van der Waals surface area contributed by atoms with Gasteiger partial charge in [-0.1, -0.05) is 23.9 Å². The van der Waals surface area contributed by atoms with Crippen molar-refractivity contribution >= 4 is 35.0 Å². The summed E-state index contributed by atoms with van der Waals surface area (Å²) in [6.07, 6.45) is 3.13. The van der Waals surface area contributed by atoms with E-state index in [0.29, 0.717) is 23.8 Å². The molecule has 1 fully saturated rings. The van der Waals surface area contributed by atoms with Crippen LogP contribution in [0.5, 0.6) is 0 Å². The summed E-state index contributed by atoms with van der Waals surface area (Å²) in [5.41, 5.74) is 1.47. The first-order valence-electron chi connectivity index (χ1n) is 7.87. The number of hydrogen-bond donors (Lipinski definition) is 1. The third-order valence-corrected chi connectivity index (χ3v) is 4.61. The van der Waals surface area contributed by atoms with Gasteiger partial charge in [0.1, 0.15) is 0 Å². The van der Waals surface area contributed by atoms with Crippen LogP contribution >= 0.6 is 11.8 Å². The van der Waals surface area contributed by atoms with Gasteiger partial charge in [0.25, 0.3) is 0 Å². The Labute approximate surface area is 149 Å². The zero-order chi connectivity index (χ0) is 17.6. The Kier molecular flexibility index (Phi) is 5.44. The van der Waals surface area contributed by atoms with Gasteiger partial charge in [-0.05, 0) is 35.0 Å². The van der Waals surface area contributed by atoms with Gasteiger partial charge in [0.2, 0.25) is 17.0 Å². The molecule has 8 nitrogen and oxygen atoms in total. The van der Waals surface area contributed by atoms with E-state index in [9.17, 15) is 9.59 Å². The van der Waals surface area contributed by atoms with Gasteiger partial charge in [0.15, 0.2) is 0 Å². The molecule has 0 spiro atoms. The summed E-state index contributed by atoms with van der Waals surface area (Å²) in [5, 5.41) is 14.7. The zero-order valence-electron chi connectivity index (χ0n) is 13.6. The molecule has 0 atom stereocenters. The van der Waals surface area contributed by atoms with Crippen LogP contribution in [0.1, 0.15) is 12.8 Å². The number of hydrogen-bond acceptors (Lipinski definition) is 6. The monoisotopic (exact) mass is 358 g/mol. The van der Waals surface area contributed by atoms with Crippen molar-refractivity contribution in [3.05, 3.63) is 36.9 Å². The summed E-state index contributed by atoms with van der Waals surface area (Å²) in [5.74, 6) is 0.140. The number of carbonyl (C=O) groups is 2. The highest BCUT2D eigenvalue weighted by Crippen LogP contribution is 2.24. The molecule has 0 bridgehead atoms. The van der Waals surface area contributed by atoms with Crippen LogP contribution in [0.2, 0.25) is 0 Å². The predicted octanol–water partition coefficient (Wildman–Crippen LogP) is 1.72. The third-order valence-electron chi connectivity index (χ3n) is 3.65. The minimum absolute atomic E-state index is 0.119. The van der Waals surface area contributed by atoms with Gasteiger partial charge in [-0.25, -0.2) is 4.68 Å². The number of rotatable bonds is 7. The van der Waals surface area contributed by atoms with Gasteiger partial charge in [-0.3, -0.25) is 9.59 Å². The van der Waals surface area contributed by atoms with E-state index >= 15 is 0 Å². The quantitative estimate of drug-likeness (QED) is 0.598. The van der Waals surface area contributed by atoms with Crippen LogP contribution in [0.15, 0.2) is 42.1 Å². The third kappa shape index (κ3) is 4.24. The normalized spacial score (nSPS) is 13.9. The van der Waals surface area contributed by atoms with Crippen molar-refractivity contribution in [2.75, 3.05) is 22.5 Å². The van der Waals surface area contributed by atoms with Crippen molar-refractivity contribution in [3.63, 3.8) is 0 Å². The maximum absolute atomic E-state index is 12.2. The fraction of sp³-hybridized carbons (Fsp3) is 0.312. The number of thioether (sulfide) groups is 1. The van der Waals surface area contributed by atoms with Crippen molar-refractivity contribution in [2.45, 2.75) is 24.5 Å². The number of nitrogens with zero attached hydrogens (tertiary/aromatic N) is 5. The molecule has 1 N–H and O–H groups in total. The average molecular weight is 358 g/mol. The number of aromatic nitrogens is 4. The number of nitrogens with one attached hydrogen (secondary N) is 1. The Balaban J connectivity index is 1.58. The van der Waals surface area contributed by atoms with E-state index in [4.69, 9.17) is 0 Å². The van der Waals surface area contributed by atoms with Gasteiger partial charge < -0.3 is 10.2 Å². The number of benzene rings is 1. The highest BCUT2D eigenvalue weighted by atomic mass is 32.2. The first-order valence-corrected chi connectivity index (χ1v) is 8.86. The minimum Gasteiger partial charge on any atom is -0.325 e. The summed E-state index contributed by atoms with van der Waals surface area (Å²) in [4.78, 5) is 25.7. The van der Waals surface area contributed by atoms with Crippen molar-refractivity contribution in [1.82, 2.24) is 20.2 Å². The van der Waals surface area contributed by atoms with E-state index < -0.39 is 0 Å². The van der Waals surface area contributed by atoms with Crippen LogP contribution in [0.3, 0.4) is 0 Å². The molecular weight excluding hydrogens is 340 g/mol. The average Bonchev–Trinajstić information content (AvgIpc) is 3.22. The van der Waals surface area contributed by atoms with Crippen LogP contribution in [0.4, 0.5) is 11.4 Å². The Bertz CT molecular complexity index is 790. The Morgan fingerprint density at radius 3 is 3.08 bits per heavy atom. The molecule has 2 aromatic rings. The second kappa shape index (κ2) is 7.93. The Morgan fingerprint density at radius 1 is 1.44 bits per heavy atom. The summed E-state index contributed by atoms with van der Waals surface area (Å²) in [6.45, 7) is 4.85. The van der Waals surface area contributed by atoms with E-state index in [0.717, 1.165) is 18.7 Å². The summed E-state index contributed by atoms with van der Waals surface area (Å²) >= 11 is 1.25.